The quantitative estimate of drug-likeness (QED) is 0.742. The number of halogens is 1. The number of hydrogen-bond donors (Lipinski definition) is 2. The molecule has 0 spiro atoms. The average Bonchev–Trinajstić information content (AvgIpc) is 2.75. The molecule has 2 aromatic rings. The highest BCUT2D eigenvalue weighted by Gasteiger charge is 2.27. The van der Waals surface area contributed by atoms with Crippen LogP contribution >= 0.6 is 11.6 Å². The maximum absolute atomic E-state index is 12.9. The van der Waals surface area contributed by atoms with Gasteiger partial charge in [0.25, 0.3) is 11.8 Å². The maximum atomic E-state index is 12.9. The number of carbonyl (C=O) groups excluding carboxylic acids is 2. The average molecular weight is 419 g/mol. The lowest BCUT2D eigenvalue weighted by Gasteiger charge is -2.32. The van der Waals surface area contributed by atoms with Gasteiger partial charge in [-0.05, 0) is 30.3 Å². The monoisotopic (exact) mass is 418 g/mol. The van der Waals surface area contributed by atoms with Crippen LogP contribution in [0.3, 0.4) is 0 Å². The number of benzene rings is 2. The number of nitrogens with one attached hydrogen (secondary N) is 2. The number of anilines is 1. The number of methoxy groups -OCH3 is 2. The molecule has 8 heteroatoms. The first kappa shape index (κ1) is 21.0. The molecule has 2 N–H and O–H groups in total. The van der Waals surface area contributed by atoms with Crippen LogP contribution in [-0.2, 0) is 4.79 Å². The number of piperazine rings is 1. The van der Waals surface area contributed by atoms with Gasteiger partial charge >= 0.3 is 0 Å². The molecule has 1 saturated heterocycles. The molecule has 0 radical (unpaired) electrons. The number of quaternary nitrogens is 1. The second kappa shape index (κ2) is 9.62. The molecular formula is C21H25ClN3O4+. The van der Waals surface area contributed by atoms with Gasteiger partial charge < -0.3 is 24.6 Å². The third kappa shape index (κ3) is 5.19. The van der Waals surface area contributed by atoms with Crippen molar-refractivity contribution in [2.45, 2.75) is 0 Å². The fourth-order valence-electron chi connectivity index (χ4n) is 3.34. The molecule has 1 heterocycles. The van der Waals surface area contributed by atoms with Gasteiger partial charge in [0, 0.05) is 0 Å². The van der Waals surface area contributed by atoms with E-state index in [-0.39, 0.29) is 11.8 Å². The smallest absolute Gasteiger partial charge is 0.279 e. The van der Waals surface area contributed by atoms with Gasteiger partial charge in [-0.1, -0.05) is 23.7 Å². The van der Waals surface area contributed by atoms with Gasteiger partial charge in [-0.15, -0.1) is 0 Å². The van der Waals surface area contributed by atoms with E-state index in [1.54, 1.807) is 42.3 Å². The first-order valence-electron chi connectivity index (χ1n) is 9.41. The summed E-state index contributed by atoms with van der Waals surface area (Å²) in [6.45, 7) is 2.83. The Morgan fingerprint density at radius 2 is 1.83 bits per heavy atom. The largest absolute Gasteiger partial charge is 0.497 e. The van der Waals surface area contributed by atoms with E-state index in [0.29, 0.717) is 60.5 Å². The van der Waals surface area contributed by atoms with E-state index in [1.165, 1.54) is 7.11 Å². The highest BCUT2D eigenvalue weighted by molar-refractivity contribution is 6.33. The van der Waals surface area contributed by atoms with Gasteiger partial charge in [0.15, 0.2) is 6.54 Å². The van der Waals surface area contributed by atoms with Crippen molar-refractivity contribution >= 4 is 29.1 Å². The molecule has 0 saturated carbocycles. The summed E-state index contributed by atoms with van der Waals surface area (Å²) in [5.74, 6) is 0.932. The summed E-state index contributed by atoms with van der Waals surface area (Å²) in [6.07, 6.45) is 0. The van der Waals surface area contributed by atoms with E-state index in [2.05, 4.69) is 5.32 Å². The Kier molecular flexibility index (Phi) is 6.95. The summed E-state index contributed by atoms with van der Waals surface area (Å²) >= 11 is 6.08. The predicted molar refractivity (Wildman–Crippen MR) is 111 cm³/mol. The summed E-state index contributed by atoms with van der Waals surface area (Å²) in [6, 6.07) is 12.3. The minimum absolute atomic E-state index is 0.0951. The molecule has 1 aliphatic heterocycles. The van der Waals surface area contributed by atoms with Gasteiger partial charge in [0.2, 0.25) is 0 Å². The highest BCUT2D eigenvalue weighted by atomic mass is 35.5. The minimum Gasteiger partial charge on any atom is -0.497 e. The van der Waals surface area contributed by atoms with Crippen molar-refractivity contribution in [3.05, 3.63) is 53.1 Å². The maximum Gasteiger partial charge on any atom is 0.279 e. The molecule has 7 nitrogen and oxygen atoms in total. The summed E-state index contributed by atoms with van der Waals surface area (Å²) < 4.78 is 10.6. The van der Waals surface area contributed by atoms with Crippen molar-refractivity contribution in [3.63, 3.8) is 0 Å². The number of para-hydroxylation sites is 1. The van der Waals surface area contributed by atoms with Crippen molar-refractivity contribution in [2.24, 2.45) is 0 Å². The van der Waals surface area contributed by atoms with Crippen molar-refractivity contribution < 1.29 is 24.0 Å². The normalized spacial score (nSPS) is 14.4. The van der Waals surface area contributed by atoms with Crippen LogP contribution in [0.1, 0.15) is 10.4 Å². The lowest BCUT2D eigenvalue weighted by molar-refractivity contribution is -0.895. The molecule has 29 heavy (non-hydrogen) atoms. The van der Waals surface area contributed by atoms with E-state index >= 15 is 0 Å². The number of nitrogens with zero attached hydrogens (tertiary/aromatic N) is 1. The number of carbonyl (C=O) groups is 2. The van der Waals surface area contributed by atoms with Crippen LogP contribution in [0.15, 0.2) is 42.5 Å². The number of rotatable bonds is 6. The first-order valence-corrected chi connectivity index (χ1v) is 9.79. The Hall–Kier alpha value is -2.77. The third-order valence-corrected chi connectivity index (χ3v) is 5.28. The Labute approximate surface area is 175 Å². The Balaban J connectivity index is 1.56. The molecule has 2 aromatic carbocycles. The van der Waals surface area contributed by atoms with Crippen molar-refractivity contribution in [1.82, 2.24) is 4.90 Å². The molecule has 154 valence electrons. The van der Waals surface area contributed by atoms with Crippen molar-refractivity contribution in [3.8, 4) is 11.5 Å². The van der Waals surface area contributed by atoms with Crippen LogP contribution in [-0.4, -0.2) is 63.7 Å². The molecule has 0 aliphatic carbocycles. The second-order valence-electron chi connectivity index (χ2n) is 6.81. The van der Waals surface area contributed by atoms with Gasteiger partial charge in [0.05, 0.1) is 56.7 Å². The second-order valence-corrected chi connectivity index (χ2v) is 7.22. The van der Waals surface area contributed by atoms with Crippen molar-refractivity contribution in [1.29, 1.82) is 0 Å². The zero-order chi connectivity index (χ0) is 20.8. The molecule has 1 aliphatic rings. The third-order valence-electron chi connectivity index (χ3n) is 4.95. The first-order chi connectivity index (χ1) is 14.0. The van der Waals surface area contributed by atoms with Crippen LogP contribution in [0.4, 0.5) is 5.69 Å². The number of amides is 2. The predicted octanol–water partition coefficient (Wildman–Crippen LogP) is 1.34. The molecule has 0 atom stereocenters. The summed E-state index contributed by atoms with van der Waals surface area (Å²) in [4.78, 5) is 28.2. The number of hydrogen-bond acceptors (Lipinski definition) is 4. The lowest BCUT2D eigenvalue weighted by atomic mass is 10.1. The lowest BCUT2D eigenvalue weighted by Crippen LogP contribution is -3.15. The van der Waals surface area contributed by atoms with E-state index in [0.717, 1.165) is 4.90 Å². The van der Waals surface area contributed by atoms with Crippen LogP contribution in [0.2, 0.25) is 5.02 Å². The van der Waals surface area contributed by atoms with Gasteiger partial charge in [-0.25, -0.2) is 0 Å². The van der Waals surface area contributed by atoms with Gasteiger partial charge in [0.1, 0.15) is 11.5 Å². The fraction of sp³-hybridized carbons (Fsp3) is 0.333. The standard InChI is InChI=1S/C21H24ClN3O4/c1-28-15-7-8-19(29-2)16(13-15)21(27)25-11-9-24(10-12-25)14-20(26)23-18-6-4-3-5-17(18)22/h3-8,13H,9-12,14H2,1-2H3,(H,23,26)/p+1. The SMILES string of the molecule is COc1ccc(OC)c(C(=O)N2CC[NH+](CC(=O)Nc3ccccc3Cl)CC2)c1. The summed E-state index contributed by atoms with van der Waals surface area (Å²) in [5, 5.41) is 3.35. The van der Waals surface area contributed by atoms with E-state index in [1.807, 2.05) is 12.1 Å². The van der Waals surface area contributed by atoms with Crippen LogP contribution in [0.5, 0.6) is 11.5 Å². The Morgan fingerprint density at radius 1 is 1.10 bits per heavy atom. The van der Waals surface area contributed by atoms with Gasteiger partial charge in [-0.3, -0.25) is 9.59 Å². The molecule has 0 unspecified atom stereocenters. The number of ether oxygens (including phenoxy) is 2. The van der Waals surface area contributed by atoms with E-state index in [9.17, 15) is 9.59 Å². The summed E-state index contributed by atoms with van der Waals surface area (Å²) in [5.41, 5.74) is 1.09. The highest BCUT2D eigenvalue weighted by Crippen LogP contribution is 2.25. The Morgan fingerprint density at radius 3 is 2.48 bits per heavy atom. The Bertz CT molecular complexity index is 882. The molecule has 3 rings (SSSR count). The van der Waals surface area contributed by atoms with E-state index < -0.39 is 0 Å². The molecule has 2 amide bonds. The zero-order valence-electron chi connectivity index (χ0n) is 16.5. The molecule has 0 bridgehead atoms. The zero-order valence-corrected chi connectivity index (χ0v) is 17.3. The fourth-order valence-corrected chi connectivity index (χ4v) is 3.52. The molecular weight excluding hydrogens is 394 g/mol. The minimum atomic E-state index is -0.0969. The molecule has 0 aromatic heterocycles. The van der Waals surface area contributed by atoms with Crippen molar-refractivity contribution in [2.75, 3.05) is 52.3 Å². The van der Waals surface area contributed by atoms with Crippen LogP contribution < -0.4 is 19.7 Å². The molecule has 1 fully saturated rings. The van der Waals surface area contributed by atoms with E-state index in [4.69, 9.17) is 21.1 Å². The van der Waals surface area contributed by atoms with Crippen LogP contribution in [0, 0.1) is 0 Å². The topological polar surface area (TPSA) is 72.3 Å². The summed E-state index contributed by atoms with van der Waals surface area (Å²) in [7, 11) is 3.10. The van der Waals surface area contributed by atoms with Gasteiger partial charge in [-0.2, -0.15) is 0 Å². The van der Waals surface area contributed by atoms with Crippen LogP contribution in [0.25, 0.3) is 0 Å².